The van der Waals surface area contributed by atoms with E-state index in [1.807, 2.05) is 18.3 Å². The standard InChI is InChI=1S/C27H23NO/c1-18(2)15-19-13-14-28-25(16-19)20-11-12-27-24(17-20)22-8-4-3-7-21(22)23-9-5-6-10-26(23)29-27/h3-14,16-18H,15H2,1-2H3. The Kier molecular flexibility index (Phi) is 4.40. The van der Waals surface area contributed by atoms with Crippen LogP contribution in [0.2, 0.25) is 0 Å². The molecule has 0 atom stereocenters. The number of nitrogens with zero attached hydrogens (tertiary/aromatic N) is 1. The fraction of sp³-hybridized carbons (Fsp3) is 0.148. The lowest BCUT2D eigenvalue weighted by Gasteiger charge is -2.12. The molecule has 0 bridgehead atoms. The first-order valence-electron chi connectivity index (χ1n) is 10.1. The van der Waals surface area contributed by atoms with Gasteiger partial charge in [0.1, 0.15) is 11.5 Å². The van der Waals surface area contributed by atoms with Crippen LogP contribution in [0.4, 0.5) is 0 Å². The second kappa shape index (κ2) is 7.21. The highest BCUT2D eigenvalue weighted by Crippen LogP contribution is 2.47. The second-order valence-corrected chi connectivity index (χ2v) is 8.00. The molecule has 0 spiro atoms. The van der Waals surface area contributed by atoms with Crippen LogP contribution in [0, 0.1) is 5.92 Å². The third-order valence-electron chi connectivity index (χ3n) is 5.36. The first-order valence-corrected chi connectivity index (χ1v) is 10.1. The van der Waals surface area contributed by atoms with Gasteiger partial charge < -0.3 is 4.74 Å². The molecule has 0 saturated heterocycles. The van der Waals surface area contributed by atoms with Crippen LogP contribution >= 0.6 is 0 Å². The Hall–Kier alpha value is -3.39. The van der Waals surface area contributed by atoms with Gasteiger partial charge in [0.05, 0.1) is 5.69 Å². The van der Waals surface area contributed by atoms with Crippen molar-refractivity contribution >= 4 is 0 Å². The molecule has 0 N–H and O–H groups in total. The van der Waals surface area contributed by atoms with Gasteiger partial charge in [-0.1, -0.05) is 56.3 Å². The van der Waals surface area contributed by atoms with Crippen LogP contribution in [-0.4, -0.2) is 4.98 Å². The number of rotatable bonds is 3. The Balaban J connectivity index is 1.66. The van der Waals surface area contributed by atoms with Crippen molar-refractivity contribution in [3.8, 4) is 45.0 Å². The summed E-state index contributed by atoms with van der Waals surface area (Å²) in [6, 6.07) is 27.5. The first-order chi connectivity index (χ1) is 14.2. The van der Waals surface area contributed by atoms with Crippen LogP contribution in [-0.2, 0) is 6.42 Å². The maximum atomic E-state index is 6.33. The Bertz CT molecular complexity index is 1190. The zero-order valence-electron chi connectivity index (χ0n) is 16.7. The third kappa shape index (κ3) is 3.31. The molecule has 5 rings (SSSR count). The molecule has 2 nitrogen and oxygen atoms in total. The fourth-order valence-electron chi connectivity index (χ4n) is 4.07. The molecule has 1 aliphatic heterocycles. The van der Waals surface area contributed by atoms with Crippen LogP contribution in [0.25, 0.3) is 33.5 Å². The number of para-hydroxylation sites is 1. The molecule has 0 unspecified atom stereocenters. The van der Waals surface area contributed by atoms with E-state index >= 15 is 0 Å². The van der Waals surface area contributed by atoms with Gasteiger partial charge in [-0.05, 0) is 65.4 Å². The number of ether oxygens (including phenoxy) is 1. The predicted molar refractivity (Wildman–Crippen MR) is 119 cm³/mol. The molecule has 0 saturated carbocycles. The zero-order valence-corrected chi connectivity index (χ0v) is 16.7. The maximum Gasteiger partial charge on any atom is 0.135 e. The molecule has 4 aromatic rings. The lowest BCUT2D eigenvalue weighted by Crippen LogP contribution is -1.95. The quantitative estimate of drug-likeness (QED) is 0.327. The molecule has 0 aliphatic carbocycles. The SMILES string of the molecule is CC(C)Cc1ccnc(-c2ccc3c(c2)-c2ccccc2-c2ccccc2O3)c1. The van der Waals surface area contributed by atoms with E-state index in [2.05, 4.69) is 85.6 Å². The molecule has 1 aliphatic rings. The maximum absolute atomic E-state index is 6.33. The number of hydrogen-bond donors (Lipinski definition) is 0. The van der Waals surface area contributed by atoms with Gasteiger partial charge in [0.2, 0.25) is 0 Å². The van der Waals surface area contributed by atoms with E-state index in [-0.39, 0.29) is 0 Å². The van der Waals surface area contributed by atoms with Crippen molar-refractivity contribution in [2.24, 2.45) is 5.92 Å². The Labute approximate surface area is 171 Å². The van der Waals surface area contributed by atoms with Crippen molar-refractivity contribution in [2.75, 3.05) is 0 Å². The van der Waals surface area contributed by atoms with Crippen molar-refractivity contribution in [1.82, 2.24) is 4.98 Å². The average Bonchev–Trinajstić information content (AvgIpc) is 2.88. The summed E-state index contributed by atoms with van der Waals surface area (Å²) in [6.07, 6.45) is 2.97. The van der Waals surface area contributed by atoms with E-state index in [0.717, 1.165) is 40.3 Å². The van der Waals surface area contributed by atoms with Crippen molar-refractivity contribution < 1.29 is 4.74 Å². The zero-order chi connectivity index (χ0) is 19.8. The van der Waals surface area contributed by atoms with Gasteiger partial charge in [-0.25, -0.2) is 0 Å². The molecular weight excluding hydrogens is 354 g/mol. The van der Waals surface area contributed by atoms with Crippen LogP contribution < -0.4 is 4.74 Å². The largest absolute Gasteiger partial charge is 0.456 e. The number of aromatic nitrogens is 1. The van der Waals surface area contributed by atoms with Crippen molar-refractivity contribution in [2.45, 2.75) is 20.3 Å². The summed E-state index contributed by atoms with van der Waals surface area (Å²) in [7, 11) is 0. The summed E-state index contributed by atoms with van der Waals surface area (Å²) in [5.74, 6) is 2.39. The number of pyridine rings is 1. The Morgan fingerprint density at radius 1 is 0.724 bits per heavy atom. The summed E-state index contributed by atoms with van der Waals surface area (Å²) in [5, 5.41) is 0. The topological polar surface area (TPSA) is 22.1 Å². The molecule has 2 heterocycles. The van der Waals surface area contributed by atoms with E-state index in [4.69, 9.17) is 4.74 Å². The summed E-state index contributed by atoms with van der Waals surface area (Å²) >= 11 is 0. The molecule has 2 heteroatoms. The Morgan fingerprint density at radius 3 is 2.21 bits per heavy atom. The van der Waals surface area contributed by atoms with Crippen LogP contribution in [0.5, 0.6) is 11.5 Å². The minimum Gasteiger partial charge on any atom is -0.456 e. The Morgan fingerprint density at radius 2 is 1.41 bits per heavy atom. The van der Waals surface area contributed by atoms with Gasteiger partial charge in [0.15, 0.2) is 0 Å². The minimum atomic E-state index is 0.621. The number of hydrogen-bond acceptors (Lipinski definition) is 2. The lowest BCUT2D eigenvalue weighted by atomic mass is 9.93. The van der Waals surface area contributed by atoms with E-state index in [1.54, 1.807) is 0 Å². The molecule has 1 aromatic heterocycles. The summed E-state index contributed by atoms with van der Waals surface area (Å²) < 4.78 is 6.33. The first kappa shape index (κ1) is 17.7. The van der Waals surface area contributed by atoms with Gasteiger partial charge in [-0.2, -0.15) is 0 Å². The van der Waals surface area contributed by atoms with Crippen LogP contribution in [0.1, 0.15) is 19.4 Å². The van der Waals surface area contributed by atoms with Crippen molar-refractivity contribution in [3.63, 3.8) is 0 Å². The molecule has 3 aromatic carbocycles. The minimum absolute atomic E-state index is 0.621. The molecule has 0 fully saturated rings. The summed E-state index contributed by atoms with van der Waals surface area (Å²) in [6.45, 7) is 4.49. The number of benzene rings is 3. The van der Waals surface area contributed by atoms with E-state index in [0.29, 0.717) is 5.92 Å². The van der Waals surface area contributed by atoms with E-state index < -0.39 is 0 Å². The average molecular weight is 377 g/mol. The highest BCUT2D eigenvalue weighted by Gasteiger charge is 2.20. The molecule has 0 amide bonds. The van der Waals surface area contributed by atoms with E-state index in [1.165, 1.54) is 16.7 Å². The fourth-order valence-corrected chi connectivity index (χ4v) is 4.07. The van der Waals surface area contributed by atoms with Crippen molar-refractivity contribution in [1.29, 1.82) is 0 Å². The highest BCUT2D eigenvalue weighted by molar-refractivity contribution is 5.91. The van der Waals surface area contributed by atoms with Gasteiger partial charge in [-0.3, -0.25) is 4.98 Å². The second-order valence-electron chi connectivity index (χ2n) is 8.00. The van der Waals surface area contributed by atoms with Crippen LogP contribution in [0.15, 0.2) is 85.1 Å². The summed E-state index contributed by atoms with van der Waals surface area (Å²) in [5.41, 5.74) is 8.05. The van der Waals surface area contributed by atoms with Gasteiger partial charge >= 0.3 is 0 Å². The van der Waals surface area contributed by atoms with Gasteiger partial charge in [-0.15, -0.1) is 0 Å². The van der Waals surface area contributed by atoms with E-state index in [9.17, 15) is 0 Å². The van der Waals surface area contributed by atoms with Gasteiger partial charge in [0, 0.05) is 22.9 Å². The van der Waals surface area contributed by atoms with Crippen molar-refractivity contribution in [3.05, 3.63) is 90.6 Å². The highest BCUT2D eigenvalue weighted by atomic mass is 16.5. The predicted octanol–water partition coefficient (Wildman–Crippen LogP) is 7.39. The molecular formula is C27H23NO. The lowest BCUT2D eigenvalue weighted by molar-refractivity contribution is 0.488. The molecule has 29 heavy (non-hydrogen) atoms. The normalized spacial score (nSPS) is 11.8. The van der Waals surface area contributed by atoms with Crippen LogP contribution in [0.3, 0.4) is 0 Å². The number of fused-ring (bicyclic) bond motifs is 5. The molecule has 0 radical (unpaired) electrons. The third-order valence-corrected chi connectivity index (χ3v) is 5.36. The monoisotopic (exact) mass is 377 g/mol. The summed E-state index contributed by atoms with van der Waals surface area (Å²) in [4.78, 5) is 4.64. The smallest absolute Gasteiger partial charge is 0.135 e. The molecule has 142 valence electrons. The van der Waals surface area contributed by atoms with Gasteiger partial charge in [0.25, 0.3) is 0 Å².